The lowest BCUT2D eigenvalue weighted by molar-refractivity contribution is 0.0400. The van der Waals surface area contributed by atoms with Gasteiger partial charge < -0.3 is 19.5 Å². The molecule has 0 radical (unpaired) electrons. The zero-order valence-electron chi connectivity index (χ0n) is 11.8. The van der Waals surface area contributed by atoms with Crippen LogP contribution in [0.1, 0.15) is 12.5 Å². The van der Waals surface area contributed by atoms with Gasteiger partial charge >= 0.3 is 0 Å². The van der Waals surface area contributed by atoms with Gasteiger partial charge in [-0.15, -0.1) is 0 Å². The predicted octanol–water partition coefficient (Wildman–Crippen LogP) is 0.643. The number of rotatable bonds is 5. The number of aromatic nitrogens is 4. The van der Waals surface area contributed by atoms with E-state index in [-0.39, 0.29) is 13.2 Å². The Balaban J connectivity index is 1.97. The zero-order valence-corrected chi connectivity index (χ0v) is 11.8. The Labute approximate surface area is 126 Å². The summed E-state index contributed by atoms with van der Waals surface area (Å²) in [7, 11) is 0. The molecule has 2 heterocycles. The van der Waals surface area contributed by atoms with E-state index < -0.39 is 24.2 Å². The third kappa shape index (κ3) is 2.34. The summed E-state index contributed by atoms with van der Waals surface area (Å²) in [4.78, 5) is 12.3. The van der Waals surface area contributed by atoms with Crippen molar-refractivity contribution in [1.29, 1.82) is 0 Å². The van der Waals surface area contributed by atoms with E-state index >= 15 is 0 Å². The third-order valence-corrected chi connectivity index (χ3v) is 3.98. The Morgan fingerprint density at radius 1 is 1.45 bits per heavy atom. The lowest BCUT2D eigenvalue weighted by Gasteiger charge is -2.16. The molecule has 2 N–H and O–H groups in total. The number of ether oxygens (including phenoxy) is 1. The number of fused-ring (bicyclic) bond motifs is 1. The van der Waals surface area contributed by atoms with Crippen molar-refractivity contribution in [3.63, 3.8) is 0 Å². The molecular weight excluding hydrogens is 291 g/mol. The second kappa shape index (κ2) is 5.98. The Morgan fingerprint density at radius 2 is 2.27 bits per heavy atom. The SMILES string of the molecule is C=CCOc1ncnc2c1ncn2[C@@H]1C[C@H](CO)[C@@H](O)[C@H]1F. The summed E-state index contributed by atoms with van der Waals surface area (Å²) in [6, 6.07) is -0.626. The molecule has 0 aliphatic heterocycles. The van der Waals surface area contributed by atoms with Crippen molar-refractivity contribution >= 4 is 11.2 Å². The molecule has 7 nitrogen and oxygen atoms in total. The molecule has 2 aromatic rings. The number of imidazole rings is 1. The van der Waals surface area contributed by atoms with E-state index in [1.807, 2.05) is 0 Å². The highest BCUT2D eigenvalue weighted by atomic mass is 19.1. The molecule has 8 heteroatoms. The summed E-state index contributed by atoms with van der Waals surface area (Å²) >= 11 is 0. The van der Waals surface area contributed by atoms with E-state index in [1.165, 1.54) is 12.7 Å². The van der Waals surface area contributed by atoms with Gasteiger partial charge in [0, 0.05) is 12.5 Å². The van der Waals surface area contributed by atoms with E-state index in [2.05, 4.69) is 21.5 Å². The van der Waals surface area contributed by atoms with Crippen molar-refractivity contribution in [2.75, 3.05) is 13.2 Å². The van der Waals surface area contributed by atoms with E-state index in [4.69, 9.17) is 4.74 Å². The molecule has 1 aliphatic carbocycles. The first kappa shape index (κ1) is 14.9. The number of nitrogens with zero attached hydrogens (tertiary/aromatic N) is 4. The number of hydrogen-bond donors (Lipinski definition) is 2. The van der Waals surface area contributed by atoms with E-state index in [1.54, 1.807) is 10.6 Å². The second-order valence-electron chi connectivity index (χ2n) is 5.28. The average molecular weight is 308 g/mol. The summed E-state index contributed by atoms with van der Waals surface area (Å²) in [6.45, 7) is 3.59. The molecule has 1 fully saturated rings. The highest BCUT2D eigenvalue weighted by Gasteiger charge is 2.44. The van der Waals surface area contributed by atoms with Crippen molar-refractivity contribution < 1.29 is 19.3 Å². The van der Waals surface area contributed by atoms with Crippen molar-refractivity contribution in [3.8, 4) is 5.88 Å². The van der Waals surface area contributed by atoms with Crippen LogP contribution in [-0.2, 0) is 0 Å². The number of halogens is 1. The van der Waals surface area contributed by atoms with Gasteiger partial charge in [0.15, 0.2) is 11.2 Å². The normalized spacial score (nSPS) is 28.1. The van der Waals surface area contributed by atoms with Crippen molar-refractivity contribution in [3.05, 3.63) is 25.3 Å². The van der Waals surface area contributed by atoms with Crippen LogP contribution in [0.4, 0.5) is 4.39 Å². The molecule has 0 bridgehead atoms. The summed E-state index contributed by atoms with van der Waals surface area (Å²) in [5.74, 6) is -0.188. The van der Waals surface area contributed by atoms with Gasteiger partial charge in [0.25, 0.3) is 0 Å². The summed E-state index contributed by atoms with van der Waals surface area (Å²) in [6.07, 6.45) is 2.01. The Kier molecular flexibility index (Phi) is 4.04. The van der Waals surface area contributed by atoms with Gasteiger partial charge in [-0.05, 0) is 6.42 Å². The van der Waals surface area contributed by atoms with Crippen LogP contribution >= 0.6 is 0 Å². The molecule has 2 aromatic heterocycles. The van der Waals surface area contributed by atoms with Gasteiger partial charge in [-0.1, -0.05) is 12.7 Å². The summed E-state index contributed by atoms with van der Waals surface area (Å²) < 4.78 is 21.3. The Hall–Kier alpha value is -2.06. The summed E-state index contributed by atoms with van der Waals surface area (Å²) in [5, 5.41) is 19.0. The van der Waals surface area contributed by atoms with Crippen LogP contribution in [0.25, 0.3) is 11.2 Å². The van der Waals surface area contributed by atoms with Crippen molar-refractivity contribution in [2.45, 2.75) is 24.7 Å². The van der Waals surface area contributed by atoms with Gasteiger partial charge in [0.1, 0.15) is 19.1 Å². The molecule has 1 saturated carbocycles. The highest BCUT2D eigenvalue weighted by Crippen LogP contribution is 2.38. The van der Waals surface area contributed by atoms with Crippen LogP contribution in [0.5, 0.6) is 5.88 Å². The van der Waals surface area contributed by atoms with Crippen LogP contribution in [0.15, 0.2) is 25.3 Å². The lowest BCUT2D eigenvalue weighted by Crippen LogP contribution is -2.26. The Bertz CT molecular complexity index is 677. The maximum absolute atomic E-state index is 14.3. The minimum absolute atomic E-state index is 0.257. The van der Waals surface area contributed by atoms with Crippen LogP contribution < -0.4 is 4.74 Å². The molecule has 0 saturated heterocycles. The number of alkyl halides is 1. The predicted molar refractivity (Wildman–Crippen MR) is 76.1 cm³/mol. The number of aliphatic hydroxyl groups is 2. The summed E-state index contributed by atoms with van der Waals surface area (Å²) in [5.41, 5.74) is 0.867. The first-order valence-corrected chi connectivity index (χ1v) is 7.01. The van der Waals surface area contributed by atoms with Crippen LogP contribution in [-0.4, -0.2) is 55.2 Å². The van der Waals surface area contributed by atoms with Crippen molar-refractivity contribution in [2.24, 2.45) is 5.92 Å². The van der Waals surface area contributed by atoms with E-state index in [0.717, 1.165) is 0 Å². The van der Waals surface area contributed by atoms with E-state index in [9.17, 15) is 14.6 Å². The van der Waals surface area contributed by atoms with Crippen molar-refractivity contribution in [1.82, 2.24) is 19.5 Å². The lowest BCUT2D eigenvalue weighted by atomic mass is 10.1. The number of hydrogen-bond acceptors (Lipinski definition) is 6. The highest BCUT2D eigenvalue weighted by molar-refractivity contribution is 5.76. The molecule has 0 aromatic carbocycles. The smallest absolute Gasteiger partial charge is 0.245 e. The molecule has 3 rings (SSSR count). The third-order valence-electron chi connectivity index (χ3n) is 3.98. The molecule has 22 heavy (non-hydrogen) atoms. The van der Waals surface area contributed by atoms with E-state index in [0.29, 0.717) is 23.5 Å². The largest absolute Gasteiger partial charge is 0.472 e. The van der Waals surface area contributed by atoms with Crippen LogP contribution in [0.3, 0.4) is 0 Å². The molecule has 118 valence electrons. The molecule has 0 unspecified atom stereocenters. The fourth-order valence-corrected chi connectivity index (χ4v) is 2.83. The molecule has 1 aliphatic rings. The molecule has 4 atom stereocenters. The fraction of sp³-hybridized carbons (Fsp3) is 0.500. The van der Waals surface area contributed by atoms with Crippen LogP contribution in [0.2, 0.25) is 0 Å². The number of aliphatic hydroxyl groups excluding tert-OH is 2. The zero-order chi connectivity index (χ0) is 15.7. The maximum atomic E-state index is 14.3. The van der Waals surface area contributed by atoms with Crippen LogP contribution in [0, 0.1) is 5.92 Å². The standard InChI is InChI=1S/C14H17FN4O3/c1-2-3-22-14-11-13(16-6-17-14)19(7-18-11)9-4-8(5-20)12(21)10(9)15/h2,6-10,12,20-21H,1,3-5H2/t8-,9-,10+,12-/m1/s1. The van der Waals surface area contributed by atoms with Gasteiger partial charge in [-0.2, -0.15) is 4.98 Å². The molecular formula is C14H17FN4O3. The van der Waals surface area contributed by atoms with Gasteiger partial charge in [-0.3, -0.25) is 0 Å². The monoisotopic (exact) mass is 308 g/mol. The average Bonchev–Trinajstić information content (AvgIpc) is 3.08. The van der Waals surface area contributed by atoms with Gasteiger partial charge in [0.05, 0.1) is 18.5 Å². The van der Waals surface area contributed by atoms with Gasteiger partial charge in [-0.25, -0.2) is 14.4 Å². The first-order chi connectivity index (χ1) is 10.7. The first-order valence-electron chi connectivity index (χ1n) is 7.01. The maximum Gasteiger partial charge on any atom is 0.245 e. The topological polar surface area (TPSA) is 93.3 Å². The Morgan fingerprint density at radius 3 is 2.95 bits per heavy atom. The second-order valence-corrected chi connectivity index (χ2v) is 5.28. The minimum atomic E-state index is -1.48. The fourth-order valence-electron chi connectivity index (χ4n) is 2.83. The van der Waals surface area contributed by atoms with Gasteiger partial charge in [0.2, 0.25) is 5.88 Å². The minimum Gasteiger partial charge on any atom is -0.472 e. The molecule has 0 amide bonds. The molecule has 0 spiro atoms. The quantitative estimate of drug-likeness (QED) is 0.788.